The lowest BCUT2D eigenvalue weighted by molar-refractivity contribution is 0.347. The average Bonchev–Trinajstić information content (AvgIpc) is 3.42. The monoisotopic (exact) mass is 415 g/mol. The third-order valence-electron chi connectivity index (χ3n) is 5.35. The van der Waals surface area contributed by atoms with Crippen molar-refractivity contribution in [1.29, 1.82) is 5.26 Å². The molecule has 0 aromatic carbocycles. The standard InChI is InChI=1S/C22H21N7S/c1-15-4-2-6-21(27-15)30-20-8-16(13-29-22(20)17(9-23)10-26-29)18-11-25-28(14-18)19-5-3-7-24-12-19/h2,4,6,8,10-11,13-14,19,24H,3,5,7,12H2,1H3/t19-/m0/s1. The second-order valence-corrected chi connectivity index (χ2v) is 8.55. The van der Waals surface area contributed by atoms with E-state index in [9.17, 15) is 5.26 Å². The first-order chi connectivity index (χ1) is 14.7. The number of nitriles is 1. The van der Waals surface area contributed by atoms with Crippen molar-refractivity contribution in [2.45, 2.75) is 35.7 Å². The Hall–Kier alpha value is -3.15. The van der Waals surface area contributed by atoms with Crippen molar-refractivity contribution in [2.75, 3.05) is 13.1 Å². The minimum atomic E-state index is 0.386. The lowest BCUT2D eigenvalue weighted by atomic mass is 10.1. The highest BCUT2D eigenvalue weighted by Crippen LogP contribution is 2.35. The number of fused-ring (bicyclic) bond motifs is 1. The normalized spacial score (nSPS) is 16.6. The van der Waals surface area contributed by atoms with Gasteiger partial charge in [0.25, 0.3) is 0 Å². The lowest BCUT2D eigenvalue weighted by Gasteiger charge is -2.22. The summed E-state index contributed by atoms with van der Waals surface area (Å²) >= 11 is 1.55. The van der Waals surface area contributed by atoms with Gasteiger partial charge in [-0.1, -0.05) is 17.8 Å². The molecule has 0 radical (unpaired) electrons. The summed E-state index contributed by atoms with van der Waals surface area (Å²) in [6.07, 6.45) is 9.89. The second kappa shape index (κ2) is 7.94. The fraction of sp³-hybridized carbons (Fsp3) is 0.273. The number of piperidine rings is 1. The largest absolute Gasteiger partial charge is 0.315 e. The van der Waals surface area contributed by atoms with Crippen molar-refractivity contribution in [3.05, 3.63) is 60.3 Å². The van der Waals surface area contributed by atoms with Crippen LogP contribution in [0.2, 0.25) is 0 Å². The molecule has 1 aliphatic rings. The van der Waals surface area contributed by atoms with E-state index in [1.807, 2.05) is 37.5 Å². The topological polar surface area (TPSA) is 83.8 Å². The van der Waals surface area contributed by atoms with Crippen molar-refractivity contribution in [2.24, 2.45) is 0 Å². The molecule has 0 aliphatic carbocycles. The molecule has 0 amide bonds. The van der Waals surface area contributed by atoms with E-state index >= 15 is 0 Å². The Balaban J connectivity index is 1.56. The van der Waals surface area contributed by atoms with Crippen LogP contribution in [0, 0.1) is 18.3 Å². The predicted octanol–water partition coefficient (Wildman–Crippen LogP) is 3.85. The molecule has 1 N–H and O–H groups in total. The minimum absolute atomic E-state index is 0.386. The van der Waals surface area contributed by atoms with Crippen LogP contribution in [0.5, 0.6) is 0 Å². The van der Waals surface area contributed by atoms with Gasteiger partial charge in [0.2, 0.25) is 0 Å². The second-order valence-electron chi connectivity index (χ2n) is 7.48. The molecule has 1 atom stereocenters. The molecule has 1 fully saturated rings. The number of nitrogens with one attached hydrogen (secondary N) is 1. The number of aromatic nitrogens is 5. The fourth-order valence-corrected chi connectivity index (χ4v) is 4.88. The molecule has 4 aromatic heterocycles. The van der Waals surface area contributed by atoms with Crippen molar-refractivity contribution in [3.8, 4) is 17.2 Å². The Labute approximate surface area is 178 Å². The van der Waals surface area contributed by atoms with Gasteiger partial charge in [-0.3, -0.25) is 4.68 Å². The van der Waals surface area contributed by atoms with Gasteiger partial charge in [0, 0.05) is 40.7 Å². The van der Waals surface area contributed by atoms with Crippen LogP contribution in [0.4, 0.5) is 0 Å². The molecule has 30 heavy (non-hydrogen) atoms. The number of hydrogen-bond acceptors (Lipinski definition) is 6. The predicted molar refractivity (Wildman–Crippen MR) is 115 cm³/mol. The SMILES string of the molecule is Cc1cccc(Sc2cc(-c3cnn([C@H]4CCCNC4)c3)cn3ncc(C#N)c23)n1. The summed E-state index contributed by atoms with van der Waals surface area (Å²) in [5, 5.41) is 22.9. The van der Waals surface area contributed by atoms with Gasteiger partial charge < -0.3 is 5.32 Å². The van der Waals surface area contributed by atoms with Gasteiger partial charge in [-0.25, -0.2) is 9.50 Å². The quantitative estimate of drug-likeness (QED) is 0.545. The van der Waals surface area contributed by atoms with Crippen LogP contribution in [0.25, 0.3) is 16.6 Å². The number of aryl methyl sites for hydroxylation is 1. The molecule has 4 aromatic rings. The first-order valence-electron chi connectivity index (χ1n) is 9.99. The van der Waals surface area contributed by atoms with Gasteiger partial charge in [-0.05, 0) is 44.5 Å². The molecule has 0 spiro atoms. The first-order valence-corrected chi connectivity index (χ1v) is 10.8. The van der Waals surface area contributed by atoms with Gasteiger partial charge in [-0.15, -0.1) is 0 Å². The van der Waals surface area contributed by atoms with Crippen molar-refractivity contribution in [1.82, 2.24) is 29.7 Å². The van der Waals surface area contributed by atoms with E-state index in [1.165, 1.54) is 6.42 Å². The molecule has 1 saturated heterocycles. The van der Waals surface area contributed by atoms with Crippen molar-refractivity contribution in [3.63, 3.8) is 0 Å². The zero-order valence-corrected chi connectivity index (χ0v) is 17.4. The maximum atomic E-state index is 9.55. The van der Waals surface area contributed by atoms with Crippen LogP contribution >= 0.6 is 11.8 Å². The summed E-state index contributed by atoms with van der Waals surface area (Å²) in [6, 6.07) is 10.7. The molecular formula is C22H21N7S. The average molecular weight is 416 g/mol. The zero-order chi connectivity index (χ0) is 20.5. The van der Waals surface area contributed by atoms with E-state index in [0.717, 1.165) is 51.8 Å². The van der Waals surface area contributed by atoms with E-state index in [1.54, 1.807) is 22.5 Å². The van der Waals surface area contributed by atoms with Crippen LogP contribution < -0.4 is 5.32 Å². The molecular weight excluding hydrogens is 394 g/mol. The van der Waals surface area contributed by atoms with Crippen LogP contribution in [-0.2, 0) is 0 Å². The van der Waals surface area contributed by atoms with Gasteiger partial charge in [0.15, 0.2) is 0 Å². The maximum Gasteiger partial charge on any atom is 0.103 e. The lowest BCUT2D eigenvalue weighted by Crippen LogP contribution is -2.31. The smallest absolute Gasteiger partial charge is 0.103 e. The molecule has 0 saturated carbocycles. The summed E-state index contributed by atoms with van der Waals surface area (Å²) in [5.41, 5.74) is 4.37. The highest BCUT2D eigenvalue weighted by atomic mass is 32.2. The fourth-order valence-electron chi connectivity index (χ4n) is 3.84. The Morgan fingerprint density at radius 3 is 2.93 bits per heavy atom. The van der Waals surface area contributed by atoms with Crippen molar-refractivity contribution >= 4 is 17.3 Å². The Kier molecular flexibility index (Phi) is 4.99. The number of rotatable bonds is 4. The Morgan fingerprint density at radius 1 is 1.20 bits per heavy atom. The Bertz CT molecular complexity index is 1240. The van der Waals surface area contributed by atoms with E-state index < -0.39 is 0 Å². The van der Waals surface area contributed by atoms with E-state index in [4.69, 9.17) is 0 Å². The van der Waals surface area contributed by atoms with E-state index in [2.05, 4.69) is 43.5 Å². The number of pyridine rings is 2. The summed E-state index contributed by atoms with van der Waals surface area (Å²) in [5.74, 6) is 0. The summed E-state index contributed by atoms with van der Waals surface area (Å²) in [6.45, 7) is 4.00. The summed E-state index contributed by atoms with van der Waals surface area (Å²) in [4.78, 5) is 5.56. The number of hydrogen-bond donors (Lipinski definition) is 1. The highest BCUT2D eigenvalue weighted by molar-refractivity contribution is 7.99. The zero-order valence-electron chi connectivity index (χ0n) is 16.6. The third-order valence-corrected chi connectivity index (χ3v) is 6.32. The highest BCUT2D eigenvalue weighted by Gasteiger charge is 2.18. The summed E-state index contributed by atoms with van der Waals surface area (Å²) in [7, 11) is 0. The van der Waals surface area contributed by atoms with Gasteiger partial charge >= 0.3 is 0 Å². The molecule has 150 valence electrons. The molecule has 0 unspecified atom stereocenters. The minimum Gasteiger partial charge on any atom is -0.315 e. The molecule has 5 heterocycles. The Morgan fingerprint density at radius 2 is 2.13 bits per heavy atom. The van der Waals surface area contributed by atoms with Crippen molar-refractivity contribution < 1.29 is 0 Å². The number of nitrogens with zero attached hydrogens (tertiary/aromatic N) is 6. The van der Waals surface area contributed by atoms with E-state index in [-0.39, 0.29) is 0 Å². The van der Waals surface area contributed by atoms with Gasteiger partial charge in [0.1, 0.15) is 11.1 Å². The molecule has 5 rings (SSSR count). The molecule has 8 heteroatoms. The van der Waals surface area contributed by atoms with Crippen LogP contribution in [0.1, 0.15) is 30.1 Å². The third kappa shape index (κ3) is 3.58. The molecule has 0 bridgehead atoms. The van der Waals surface area contributed by atoms with Crippen LogP contribution in [0.3, 0.4) is 0 Å². The first kappa shape index (κ1) is 18.9. The maximum absolute atomic E-state index is 9.55. The molecule has 7 nitrogen and oxygen atoms in total. The van der Waals surface area contributed by atoms with Crippen LogP contribution in [-0.4, -0.2) is 37.5 Å². The van der Waals surface area contributed by atoms with Crippen LogP contribution in [0.15, 0.2) is 59.0 Å². The van der Waals surface area contributed by atoms with Gasteiger partial charge in [0.05, 0.1) is 29.5 Å². The summed E-state index contributed by atoms with van der Waals surface area (Å²) < 4.78 is 3.84. The van der Waals surface area contributed by atoms with Gasteiger partial charge in [-0.2, -0.15) is 15.5 Å². The van der Waals surface area contributed by atoms with E-state index in [0.29, 0.717) is 11.6 Å². The molecule has 1 aliphatic heterocycles.